The monoisotopic (exact) mass is 633 g/mol. The van der Waals surface area contributed by atoms with Crippen molar-refractivity contribution in [2.24, 2.45) is 5.92 Å². The number of nitrogens with zero attached hydrogens (tertiary/aromatic N) is 1. The van der Waals surface area contributed by atoms with E-state index in [1.54, 1.807) is 55.5 Å². The van der Waals surface area contributed by atoms with Gasteiger partial charge >= 0.3 is 10.8 Å². The highest BCUT2D eigenvalue weighted by atomic mass is 32.2. The zero-order valence-corrected chi connectivity index (χ0v) is 24.7. The Morgan fingerprint density at radius 2 is 1.66 bits per heavy atom. The number of hydrogen-bond donors (Lipinski definition) is 2. The van der Waals surface area contributed by atoms with Crippen LogP contribution in [0.25, 0.3) is 0 Å². The molecule has 0 saturated carbocycles. The number of carbonyl (C=O) groups excluding carboxylic acids is 4. The van der Waals surface area contributed by atoms with E-state index in [2.05, 4.69) is 10.3 Å². The van der Waals surface area contributed by atoms with Crippen molar-refractivity contribution >= 4 is 58.2 Å². The molecule has 10 nitrogen and oxygen atoms in total. The molecule has 2 N–H and O–H groups in total. The first kappa shape index (κ1) is 29.3. The van der Waals surface area contributed by atoms with Crippen LogP contribution in [0, 0.1) is 11.7 Å². The number of esters is 1. The quantitative estimate of drug-likeness (QED) is 0.213. The van der Waals surface area contributed by atoms with Crippen LogP contribution >= 0.6 is 23.1 Å². The molecule has 1 saturated heterocycles. The third-order valence-corrected chi connectivity index (χ3v) is 9.60. The van der Waals surface area contributed by atoms with E-state index >= 15 is 0 Å². The van der Waals surface area contributed by atoms with Crippen LogP contribution in [-0.2, 0) is 19.1 Å². The van der Waals surface area contributed by atoms with Gasteiger partial charge < -0.3 is 19.8 Å². The molecule has 4 aromatic rings. The summed E-state index contributed by atoms with van der Waals surface area (Å²) in [5, 5.41) is 2.46. The summed E-state index contributed by atoms with van der Waals surface area (Å²) < 4.78 is 24.1. The van der Waals surface area contributed by atoms with Crippen LogP contribution < -0.4 is 19.8 Å². The van der Waals surface area contributed by atoms with Crippen molar-refractivity contribution in [1.29, 1.82) is 0 Å². The molecular formula is C31H24FN3O7S2. The molecule has 13 heteroatoms. The van der Waals surface area contributed by atoms with Gasteiger partial charge in [-0.05, 0) is 73.2 Å². The Bertz CT molecular complexity index is 1800. The fourth-order valence-electron chi connectivity index (χ4n) is 5.24. The molecule has 3 heterocycles. The zero-order chi connectivity index (χ0) is 31.0. The molecule has 0 spiro atoms. The van der Waals surface area contributed by atoms with Crippen molar-refractivity contribution in [2.45, 2.75) is 23.1 Å². The number of fused-ring (bicyclic) bond motifs is 2. The molecule has 0 aliphatic carbocycles. The first-order valence-electron chi connectivity index (χ1n) is 13.6. The standard InChI is InChI=1S/C31H24FN3O7S2/c1-2-41-30(39)17-3-9-19(10-4-17)33-22(36)15-42-21-13-5-16(6-14-21)23-24-26(43-27-25(23)44-31(40)34-27)29(38)35(28(24)37)20-11-7-18(32)8-12-20/h3-14,23-24,26H,2,15H2,1H3,(H,33,36)(H,34,40)/t23-,24-,26+/m0/s1. The molecule has 6 rings (SSSR count). The van der Waals surface area contributed by atoms with Crippen molar-refractivity contribution in [2.75, 3.05) is 23.4 Å². The Morgan fingerprint density at radius 1 is 0.955 bits per heavy atom. The van der Waals surface area contributed by atoms with E-state index in [4.69, 9.17) is 9.47 Å². The van der Waals surface area contributed by atoms with Crippen LogP contribution in [0.4, 0.5) is 15.8 Å². The highest BCUT2D eigenvalue weighted by molar-refractivity contribution is 8.00. The zero-order valence-electron chi connectivity index (χ0n) is 23.1. The van der Waals surface area contributed by atoms with E-state index in [0.29, 0.717) is 32.5 Å². The lowest BCUT2D eigenvalue weighted by atomic mass is 9.83. The van der Waals surface area contributed by atoms with Gasteiger partial charge in [0.1, 0.15) is 16.8 Å². The number of amides is 3. The van der Waals surface area contributed by atoms with Crippen LogP contribution in [0.15, 0.2) is 82.6 Å². The molecule has 3 atom stereocenters. The molecule has 0 bridgehead atoms. The number of benzene rings is 3. The predicted octanol–water partition coefficient (Wildman–Crippen LogP) is 4.57. The first-order valence-corrected chi connectivity index (χ1v) is 15.3. The van der Waals surface area contributed by atoms with Gasteiger partial charge in [-0.2, -0.15) is 0 Å². The summed E-state index contributed by atoms with van der Waals surface area (Å²) >= 11 is 2.15. The van der Waals surface area contributed by atoms with Crippen molar-refractivity contribution < 1.29 is 33.0 Å². The summed E-state index contributed by atoms with van der Waals surface area (Å²) in [6, 6.07) is 18.2. The van der Waals surface area contributed by atoms with Crippen LogP contribution in [0.2, 0.25) is 0 Å². The Kier molecular flexibility index (Phi) is 8.06. The predicted molar refractivity (Wildman–Crippen MR) is 162 cm³/mol. The summed E-state index contributed by atoms with van der Waals surface area (Å²) in [5.74, 6) is -3.18. The fourth-order valence-corrected chi connectivity index (χ4v) is 7.76. The van der Waals surface area contributed by atoms with E-state index in [-0.39, 0.29) is 23.8 Å². The Labute approximate surface area is 258 Å². The van der Waals surface area contributed by atoms with Gasteiger partial charge in [0.2, 0.25) is 11.8 Å². The number of aromatic amines is 1. The fraction of sp³-hybridized carbons (Fsp3) is 0.194. The number of nitrogens with one attached hydrogen (secondary N) is 2. The molecule has 44 heavy (non-hydrogen) atoms. The lowest BCUT2D eigenvalue weighted by molar-refractivity contribution is -0.122. The highest BCUT2D eigenvalue weighted by Crippen LogP contribution is 2.53. The number of thioether (sulfide) groups is 1. The molecule has 1 aromatic heterocycles. The molecule has 0 radical (unpaired) electrons. The lowest BCUT2D eigenvalue weighted by Crippen LogP contribution is -2.32. The number of halogens is 1. The van der Waals surface area contributed by atoms with Crippen molar-refractivity contribution in [3.05, 3.63) is 104 Å². The lowest BCUT2D eigenvalue weighted by Gasteiger charge is -2.29. The third kappa shape index (κ3) is 5.63. The number of aromatic nitrogens is 1. The second-order valence-electron chi connectivity index (χ2n) is 9.94. The van der Waals surface area contributed by atoms with Crippen molar-refractivity contribution in [3.63, 3.8) is 0 Å². The summed E-state index contributed by atoms with van der Waals surface area (Å²) in [7, 11) is 0. The average molecular weight is 634 g/mol. The minimum atomic E-state index is -0.788. The van der Waals surface area contributed by atoms with Gasteiger partial charge in [-0.3, -0.25) is 19.2 Å². The van der Waals surface area contributed by atoms with Crippen LogP contribution in [-0.4, -0.2) is 47.1 Å². The molecule has 3 aromatic carbocycles. The number of rotatable bonds is 8. The van der Waals surface area contributed by atoms with E-state index < -0.39 is 46.6 Å². The van der Waals surface area contributed by atoms with Gasteiger partial charge in [-0.1, -0.05) is 35.2 Å². The maximum absolute atomic E-state index is 13.7. The maximum Gasteiger partial charge on any atom is 0.338 e. The summed E-state index contributed by atoms with van der Waals surface area (Å²) in [6.07, 6.45) is 0. The first-order chi connectivity index (χ1) is 21.2. The molecule has 3 amide bonds. The Morgan fingerprint density at radius 3 is 2.34 bits per heavy atom. The second-order valence-corrected chi connectivity index (χ2v) is 12.1. The molecule has 1 fully saturated rings. The Balaban J connectivity index is 1.17. The van der Waals surface area contributed by atoms with Gasteiger partial charge in [0.15, 0.2) is 6.61 Å². The maximum atomic E-state index is 13.7. The number of imide groups is 1. The second kappa shape index (κ2) is 12.1. The van der Waals surface area contributed by atoms with Gasteiger partial charge in [0.25, 0.3) is 5.91 Å². The van der Waals surface area contributed by atoms with Crippen molar-refractivity contribution in [1.82, 2.24) is 4.98 Å². The Hall–Kier alpha value is -4.75. The molecule has 0 unspecified atom stereocenters. The smallest absolute Gasteiger partial charge is 0.338 e. The van der Waals surface area contributed by atoms with Gasteiger partial charge in [-0.15, -0.1) is 0 Å². The van der Waals surface area contributed by atoms with Crippen molar-refractivity contribution in [3.8, 4) is 5.75 Å². The van der Waals surface area contributed by atoms with Gasteiger partial charge in [0.05, 0.1) is 28.8 Å². The SMILES string of the molecule is CCOC(=O)c1ccc(NC(=O)COc2ccc([C@@H]3c4sc(=O)[nH]c4S[C@H]4C(=O)N(c5ccc(F)cc5)C(=O)[C@@H]34)cc2)cc1. The number of anilines is 2. The number of thiazole rings is 1. The summed E-state index contributed by atoms with van der Waals surface area (Å²) in [6.45, 7) is 1.70. The summed E-state index contributed by atoms with van der Waals surface area (Å²) in [5.41, 5.74) is 1.83. The van der Waals surface area contributed by atoms with Gasteiger partial charge in [0, 0.05) is 16.5 Å². The van der Waals surface area contributed by atoms with Crippen LogP contribution in [0.3, 0.4) is 0 Å². The number of ether oxygens (including phenoxy) is 2. The average Bonchev–Trinajstić information content (AvgIpc) is 3.51. The van der Waals surface area contributed by atoms with E-state index in [1.165, 1.54) is 24.3 Å². The molecular weight excluding hydrogens is 609 g/mol. The van der Waals surface area contributed by atoms with Crippen LogP contribution in [0.1, 0.15) is 33.6 Å². The molecule has 224 valence electrons. The van der Waals surface area contributed by atoms with E-state index in [1.807, 2.05) is 0 Å². The number of carbonyl (C=O) groups is 4. The largest absolute Gasteiger partial charge is 0.484 e. The van der Waals surface area contributed by atoms with Crippen LogP contribution in [0.5, 0.6) is 5.75 Å². The number of H-pyrrole nitrogens is 1. The van der Waals surface area contributed by atoms with Gasteiger partial charge in [-0.25, -0.2) is 14.1 Å². The normalized spacial score (nSPS) is 18.9. The van der Waals surface area contributed by atoms with E-state index in [9.17, 15) is 28.4 Å². The summed E-state index contributed by atoms with van der Waals surface area (Å²) in [4.78, 5) is 68.0. The topological polar surface area (TPSA) is 135 Å². The molecule has 2 aliphatic heterocycles. The number of hydrogen-bond acceptors (Lipinski definition) is 9. The third-order valence-electron chi connectivity index (χ3n) is 7.20. The minimum Gasteiger partial charge on any atom is -0.484 e. The molecule has 2 aliphatic rings. The minimum absolute atomic E-state index is 0.263. The highest BCUT2D eigenvalue weighted by Gasteiger charge is 2.56. The van der Waals surface area contributed by atoms with E-state index in [0.717, 1.165) is 28.0 Å².